The summed E-state index contributed by atoms with van der Waals surface area (Å²) in [5.74, 6) is 0.822. The van der Waals surface area contributed by atoms with Crippen LogP contribution in [0.3, 0.4) is 0 Å². The van der Waals surface area contributed by atoms with Crippen molar-refractivity contribution in [3.05, 3.63) is 0 Å². The van der Waals surface area contributed by atoms with Crippen LogP contribution in [0.5, 0.6) is 0 Å². The van der Waals surface area contributed by atoms with Crippen molar-refractivity contribution in [1.29, 1.82) is 0 Å². The quantitative estimate of drug-likeness (QED) is 0.768. The SMILES string of the molecule is CC(C)CCC(C)NCCN1CCOC2CCCC21. The van der Waals surface area contributed by atoms with Crippen LogP contribution < -0.4 is 5.32 Å². The van der Waals surface area contributed by atoms with Crippen molar-refractivity contribution in [2.45, 2.75) is 71.1 Å². The molecule has 3 nitrogen and oxygen atoms in total. The zero-order valence-corrected chi connectivity index (χ0v) is 13.0. The van der Waals surface area contributed by atoms with Gasteiger partial charge in [-0.25, -0.2) is 0 Å². The Labute approximate surface area is 119 Å². The van der Waals surface area contributed by atoms with Crippen LogP contribution in [0.2, 0.25) is 0 Å². The van der Waals surface area contributed by atoms with Crippen LogP contribution >= 0.6 is 0 Å². The predicted octanol–water partition coefficient (Wildman–Crippen LogP) is 2.65. The molecule has 0 bridgehead atoms. The average molecular weight is 268 g/mol. The lowest BCUT2D eigenvalue weighted by Crippen LogP contribution is -2.50. The molecule has 1 saturated heterocycles. The van der Waals surface area contributed by atoms with E-state index in [0.717, 1.165) is 25.6 Å². The molecule has 2 aliphatic rings. The zero-order chi connectivity index (χ0) is 13.7. The maximum Gasteiger partial charge on any atom is 0.0730 e. The van der Waals surface area contributed by atoms with Gasteiger partial charge in [-0.3, -0.25) is 4.90 Å². The van der Waals surface area contributed by atoms with Gasteiger partial charge in [0.15, 0.2) is 0 Å². The standard InChI is InChI=1S/C16H32N2O/c1-13(2)7-8-14(3)17-9-10-18-11-12-19-16-6-4-5-15(16)18/h13-17H,4-12H2,1-3H3. The first kappa shape index (κ1) is 15.3. The van der Waals surface area contributed by atoms with Gasteiger partial charge in [-0.2, -0.15) is 0 Å². The van der Waals surface area contributed by atoms with Crippen LogP contribution in [-0.2, 0) is 4.74 Å². The molecular formula is C16H32N2O. The Morgan fingerprint density at radius 1 is 1.21 bits per heavy atom. The van der Waals surface area contributed by atoms with Gasteiger partial charge in [-0.05, 0) is 44.9 Å². The Morgan fingerprint density at radius 2 is 2.05 bits per heavy atom. The third-order valence-corrected chi connectivity index (χ3v) is 4.67. The molecule has 0 aromatic rings. The fraction of sp³-hybridized carbons (Fsp3) is 1.00. The van der Waals surface area contributed by atoms with Crippen LogP contribution in [0.15, 0.2) is 0 Å². The van der Waals surface area contributed by atoms with E-state index in [-0.39, 0.29) is 0 Å². The molecule has 0 spiro atoms. The summed E-state index contributed by atoms with van der Waals surface area (Å²) in [5.41, 5.74) is 0. The number of fused-ring (bicyclic) bond motifs is 1. The van der Waals surface area contributed by atoms with E-state index < -0.39 is 0 Å². The van der Waals surface area contributed by atoms with Gasteiger partial charge in [0, 0.05) is 31.7 Å². The molecule has 3 heteroatoms. The number of hydrogen-bond acceptors (Lipinski definition) is 3. The zero-order valence-electron chi connectivity index (χ0n) is 13.0. The van der Waals surface area contributed by atoms with Gasteiger partial charge in [0.2, 0.25) is 0 Å². The minimum atomic E-state index is 0.534. The lowest BCUT2D eigenvalue weighted by atomic mass is 10.0. The van der Waals surface area contributed by atoms with Gasteiger partial charge in [-0.15, -0.1) is 0 Å². The normalized spacial score (nSPS) is 29.7. The van der Waals surface area contributed by atoms with Crippen molar-refractivity contribution >= 4 is 0 Å². The number of rotatable bonds is 7. The first-order valence-electron chi connectivity index (χ1n) is 8.26. The minimum absolute atomic E-state index is 0.534. The molecule has 0 aromatic heterocycles. The number of nitrogens with one attached hydrogen (secondary N) is 1. The van der Waals surface area contributed by atoms with Crippen molar-refractivity contribution in [3.63, 3.8) is 0 Å². The molecule has 1 aliphatic heterocycles. The summed E-state index contributed by atoms with van der Waals surface area (Å²) in [4.78, 5) is 2.66. The molecule has 19 heavy (non-hydrogen) atoms. The van der Waals surface area contributed by atoms with E-state index in [4.69, 9.17) is 4.74 Å². The topological polar surface area (TPSA) is 24.5 Å². The monoisotopic (exact) mass is 268 g/mol. The largest absolute Gasteiger partial charge is 0.375 e. The average Bonchev–Trinajstić information content (AvgIpc) is 2.85. The summed E-state index contributed by atoms with van der Waals surface area (Å²) >= 11 is 0. The predicted molar refractivity (Wildman–Crippen MR) is 80.5 cm³/mol. The third kappa shape index (κ3) is 4.73. The van der Waals surface area contributed by atoms with Crippen molar-refractivity contribution < 1.29 is 4.74 Å². The van der Waals surface area contributed by atoms with Crippen LogP contribution in [0.25, 0.3) is 0 Å². The third-order valence-electron chi connectivity index (χ3n) is 4.67. The number of nitrogens with zero attached hydrogens (tertiary/aromatic N) is 1. The van der Waals surface area contributed by atoms with E-state index in [1.807, 2.05) is 0 Å². The van der Waals surface area contributed by atoms with Gasteiger partial charge >= 0.3 is 0 Å². The lowest BCUT2D eigenvalue weighted by Gasteiger charge is -2.37. The fourth-order valence-corrected chi connectivity index (χ4v) is 3.42. The summed E-state index contributed by atoms with van der Waals surface area (Å²) in [6.07, 6.45) is 7.13. The smallest absolute Gasteiger partial charge is 0.0730 e. The molecule has 0 aromatic carbocycles. The molecule has 0 radical (unpaired) electrons. The van der Waals surface area contributed by atoms with Gasteiger partial charge in [0.05, 0.1) is 12.7 Å². The van der Waals surface area contributed by atoms with Gasteiger partial charge in [0.1, 0.15) is 0 Å². The second-order valence-corrected chi connectivity index (χ2v) is 6.77. The van der Waals surface area contributed by atoms with Gasteiger partial charge in [-0.1, -0.05) is 13.8 Å². The first-order valence-corrected chi connectivity index (χ1v) is 8.26. The summed E-state index contributed by atoms with van der Waals surface area (Å²) in [6, 6.07) is 1.37. The van der Waals surface area contributed by atoms with E-state index in [0.29, 0.717) is 18.2 Å². The highest BCUT2D eigenvalue weighted by atomic mass is 16.5. The summed E-state index contributed by atoms with van der Waals surface area (Å²) in [6.45, 7) is 11.3. The highest BCUT2D eigenvalue weighted by molar-refractivity contribution is 4.89. The summed E-state index contributed by atoms with van der Waals surface area (Å²) in [5, 5.41) is 3.68. The minimum Gasteiger partial charge on any atom is -0.375 e. The number of ether oxygens (including phenoxy) is 1. The molecule has 1 heterocycles. The highest BCUT2D eigenvalue weighted by Crippen LogP contribution is 2.29. The van der Waals surface area contributed by atoms with Gasteiger partial charge < -0.3 is 10.1 Å². The molecule has 112 valence electrons. The molecule has 1 aliphatic carbocycles. The van der Waals surface area contributed by atoms with E-state index in [2.05, 4.69) is 31.0 Å². The van der Waals surface area contributed by atoms with Crippen molar-refractivity contribution in [1.82, 2.24) is 10.2 Å². The molecule has 1 saturated carbocycles. The lowest BCUT2D eigenvalue weighted by molar-refractivity contribution is -0.0550. The second kappa shape index (κ2) is 7.61. The molecule has 3 atom stereocenters. The van der Waals surface area contributed by atoms with Crippen LogP contribution in [0.1, 0.15) is 52.9 Å². The molecule has 0 amide bonds. The van der Waals surface area contributed by atoms with Crippen molar-refractivity contribution in [2.75, 3.05) is 26.2 Å². The van der Waals surface area contributed by atoms with Crippen LogP contribution in [-0.4, -0.2) is 49.3 Å². The van der Waals surface area contributed by atoms with Gasteiger partial charge in [0.25, 0.3) is 0 Å². The molecule has 2 rings (SSSR count). The maximum absolute atomic E-state index is 5.86. The van der Waals surface area contributed by atoms with Crippen molar-refractivity contribution in [2.24, 2.45) is 5.92 Å². The Morgan fingerprint density at radius 3 is 2.84 bits per heavy atom. The fourth-order valence-electron chi connectivity index (χ4n) is 3.42. The van der Waals surface area contributed by atoms with E-state index in [9.17, 15) is 0 Å². The van der Waals surface area contributed by atoms with Crippen molar-refractivity contribution in [3.8, 4) is 0 Å². The maximum atomic E-state index is 5.86. The van der Waals surface area contributed by atoms with E-state index in [1.165, 1.54) is 38.6 Å². The number of morpholine rings is 1. The Bertz CT molecular complexity index is 257. The van der Waals surface area contributed by atoms with Crippen LogP contribution in [0, 0.1) is 5.92 Å². The highest BCUT2D eigenvalue weighted by Gasteiger charge is 2.35. The Kier molecular flexibility index (Phi) is 6.11. The van der Waals surface area contributed by atoms with Crippen LogP contribution in [0.4, 0.5) is 0 Å². The van der Waals surface area contributed by atoms with E-state index in [1.54, 1.807) is 0 Å². The first-order chi connectivity index (χ1) is 9.16. The summed E-state index contributed by atoms with van der Waals surface area (Å²) < 4.78 is 5.86. The summed E-state index contributed by atoms with van der Waals surface area (Å²) in [7, 11) is 0. The van der Waals surface area contributed by atoms with E-state index >= 15 is 0 Å². The molecule has 1 N–H and O–H groups in total. The number of hydrogen-bond donors (Lipinski definition) is 1. The molecule has 3 unspecified atom stereocenters. The second-order valence-electron chi connectivity index (χ2n) is 6.77. The molecule has 2 fully saturated rings. The Hall–Kier alpha value is -0.120. The Balaban J connectivity index is 1.62. The molecular weight excluding hydrogens is 236 g/mol.